The number of carbonyl (C=O) groups is 2. The van der Waals surface area contributed by atoms with Crippen molar-refractivity contribution in [3.05, 3.63) is 50.6 Å². The van der Waals surface area contributed by atoms with Crippen molar-refractivity contribution >= 4 is 48.9 Å². The summed E-state index contributed by atoms with van der Waals surface area (Å²) in [4.78, 5) is 24.4. The Bertz CT molecular complexity index is 858. The first kappa shape index (κ1) is 18.6. The van der Waals surface area contributed by atoms with Gasteiger partial charge in [-0.25, -0.2) is 8.42 Å². The Morgan fingerprint density at radius 3 is 2.08 bits per heavy atom. The fraction of sp³-hybridized carbons (Fsp3) is 0.200. The van der Waals surface area contributed by atoms with Gasteiger partial charge in [-0.3, -0.25) is 20.4 Å². The number of halogens is 1. The van der Waals surface area contributed by atoms with E-state index in [-0.39, 0.29) is 10.5 Å². The number of thiophene rings is 1. The molecule has 2 rings (SSSR count). The zero-order valence-corrected chi connectivity index (χ0v) is 16.1. The summed E-state index contributed by atoms with van der Waals surface area (Å²) >= 11 is 4.49. The van der Waals surface area contributed by atoms with E-state index in [9.17, 15) is 18.0 Å². The predicted octanol–water partition coefficient (Wildman–Crippen LogP) is 2.77. The van der Waals surface area contributed by atoms with Crippen LogP contribution in [0.4, 0.5) is 0 Å². The van der Waals surface area contributed by atoms with Gasteiger partial charge in [0.2, 0.25) is 0 Å². The van der Waals surface area contributed by atoms with E-state index < -0.39 is 26.9 Å². The van der Waals surface area contributed by atoms with Gasteiger partial charge in [-0.2, -0.15) is 0 Å². The number of benzene rings is 1. The highest BCUT2D eigenvalue weighted by atomic mass is 79.9. The molecular weight excluding hydrogens is 416 g/mol. The Morgan fingerprint density at radius 2 is 1.58 bits per heavy atom. The van der Waals surface area contributed by atoms with Crippen LogP contribution < -0.4 is 10.9 Å². The Balaban J connectivity index is 2.02. The van der Waals surface area contributed by atoms with Crippen LogP contribution >= 0.6 is 27.3 Å². The van der Waals surface area contributed by atoms with Gasteiger partial charge in [0, 0.05) is 5.56 Å². The second-order valence-corrected chi connectivity index (χ2v) is 10.1. The minimum absolute atomic E-state index is 0.154. The number of nitrogens with one attached hydrogen (secondary N) is 2. The summed E-state index contributed by atoms with van der Waals surface area (Å²) in [6, 6.07) is 8.92. The van der Waals surface area contributed by atoms with Crippen molar-refractivity contribution in [3.63, 3.8) is 0 Å². The van der Waals surface area contributed by atoms with Crippen LogP contribution in [0.25, 0.3) is 0 Å². The zero-order valence-electron chi connectivity index (χ0n) is 12.9. The molecule has 128 valence electrons. The van der Waals surface area contributed by atoms with Gasteiger partial charge >= 0.3 is 0 Å². The van der Waals surface area contributed by atoms with Crippen LogP contribution in [0.1, 0.15) is 33.9 Å². The molecule has 0 saturated carbocycles. The molecule has 0 bridgehead atoms. The number of sulfone groups is 1. The van der Waals surface area contributed by atoms with Crippen LogP contribution in [-0.2, 0) is 9.84 Å². The first-order valence-corrected chi connectivity index (χ1v) is 10.1. The monoisotopic (exact) mass is 430 g/mol. The van der Waals surface area contributed by atoms with Crippen molar-refractivity contribution in [2.24, 2.45) is 0 Å². The van der Waals surface area contributed by atoms with Gasteiger partial charge in [-0.1, -0.05) is 0 Å². The highest BCUT2D eigenvalue weighted by Crippen LogP contribution is 2.21. The van der Waals surface area contributed by atoms with Gasteiger partial charge in [0.05, 0.1) is 18.8 Å². The van der Waals surface area contributed by atoms with Crippen LogP contribution in [0.5, 0.6) is 0 Å². The molecule has 24 heavy (non-hydrogen) atoms. The Morgan fingerprint density at radius 1 is 1.00 bits per heavy atom. The first-order valence-electron chi connectivity index (χ1n) is 6.92. The highest BCUT2D eigenvalue weighted by molar-refractivity contribution is 9.11. The van der Waals surface area contributed by atoms with Gasteiger partial charge in [0.25, 0.3) is 11.8 Å². The fourth-order valence-corrected chi connectivity index (χ4v) is 4.09. The van der Waals surface area contributed by atoms with E-state index in [1.54, 1.807) is 26.0 Å². The summed E-state index contributed by atoms with van der Waals surface area (Å²) in [6.07, 6.45) is 0. The summed E-state index contributed by atoms with van der Waals surface area (Å²) in [5.74, 6) is -0.967. The lowest BCUT2D eigenvalue weighted by atomic mass is 10.2. The van der Waals surface area contributed by atoms with Gasteiger partial charge in [-0.15, -0.1) is 11.3 Å². The third-order valence-corrected chi connectivity index (χ3v) is 6.95. The molecule has 1 heterocycles. The topological polar surface area (TPSA) is 92.3 Å². The van der Waals surface area contributed by atoms with Crippen LogP contribution in [-0.4, -0.2) is 25.5 Å². The summed E-state index contributed by atoms with van der Waals surface area (Å²) in [5.41, 5.74) is 4.84. The molecule has 1 aromatic heterocycles. The quantitative estimate of drug-likeness (QED) is 0.729. The summed E-state index contributed by atoms with van der Waals surface area (Å²) < 4.78 is 24.9. The van der Waals surface area contributed by atoms with Crippen molar-refractivity contribution in [1.82, 2.24) is 10.9 Å². The summed E-state index contributed by atoms with van der Waals surface area (Å²) in [7, 11) is -3.38. The molecule has 0 aliphatic carbocycles. The second-order valence-electron chi connectivity index (χ2n) is 5.13. The minimum Gasteiger partial charge on any atom is -0.267 e. The van der Waals surface area contributed by atoms with Gasteiger partial charge in [-0.05, 0) is 66.2 Å². The molecule has 2 N–H and O–H groups in total. The normalized spacial score (nSPS) is 11.3. The Labute approximate surface area is 152 Å². The minimum atomic E-state index is -3.38. The standard InChI is InChI=1S/C15H15BrN2O4S2/c1-9(2)24(21,22)11-5-3-10(4-6-11)14(19)17-18-15(20)12-7-8-13(16)23-12/h3-9H,1-2H3,(H,17,19)(H,18,20). The number of carbonyl (C=O) groups excluding carboxylic acids is 2. The Hall–Kier alpha value is -1.71. The molecule has 0 atom stereocenters. The van der Waals surface area contributed by atoms with Crippen molar-refractivity contribution in [3.8, 4) is 0 Å². The van der Waals surface area contributed by atoms with Gasteiger partial charge in [0.1, 0.15) is 0 Å². The molecule has 2 aromatic rings. The van der Waals surface area contributed by atoms with E-state index in [0.29, 0.717) is 4.88 Å². The number of hydrazine groups is 1. The van der Waals surface area contributed by atoms with Crippen molar-refractivity contribution < 1.29 is 18.0 Å². The molecule has 0 fully saturated rings. The molecule has 6 nitrogen and oxygen atoms in total. The molecule has 1 aromatic carbocycles. The van der Waals surface area contributed by atoms with E-state index >= 15 is 0 Å². The van der Waals surface area contributed by atoms with E-state index in [4.69, 9.17) is 0 Å². The largest absolute Gasteiger partial charge is 0.279 e. The number of hydrogen-bond donors (Lipinski definition) is 2. The molecule has 0 spiro atoms. The molecule has 0 radical (unpaired) electrons. The Kier molecular flexibility index (Phi) is 5.79. The molecule has 0 aliphatic heterocycles. The maximum atomic E-state index is 12.0. The molecule has 0 unspecified atom stereocenters. The second kappa shape index (κ2) is 7.45. The summed E-state index contributed by atoms with van der Waals surface area (Å²) in [6.45, 7) is 3.18. The van der Waals surface area contributed by atoms with Crippen LogP contribution in [0, 0.1) is 0 Å². The first-order chi connectivity index (χ1) is 11.2. The van der Waals surface area contributed by atoms with Crippen LogP contribution in [0.15, 0.2) is 45.1 Å². The molecular formula is C15H15BrN2O4S2. The smallest absolute Gasteiger partial charge is 0.267 e. The van der Waals surface area contributed by atoms with Crippen molar-refractivity contribution in [2.75, 3.05) is 0 Å². The van der Waals surface area contributed by atoms with Gasteiger partial charge < -0.3 is 0 Å². The third kappa shape index (κ3) is 4.22. The SMILES string of the molecule is CC(C)S(=O)(=O)c1ccc(C(=O)NNC(=O)c2ccc(Br)s2)cc1. The van der Waals surface area contributed by atoms with Crippen molar-refractivity contribution in [1.29, 1.82) is 0 Å². The number of amides is 2. The predicted molar refractivity (Wildman–Crippen MR) is 95.7 cm³/mol. The maximum absolute atomic E-state index is 12.0. The van der Waals surface area contributed by atoms with Crippen LogP contribution in [0.3, 0.4) is 0 Å². The molecule has 0 aliphatic rings. The zero-order chi connectivity index (χ0) is 17.9. The third-order valence-electron chi connectivity index (χ3n) is 3.15. The maximum Gasteiger partial charge on any atom is 0.279 e. The van der Waals surface area contributed by atoms with E-state index in [1.807, 2.05) is 0 Å². The van der Waals surface area contributed by atoms with E-state index in [2.05, 4.69) is 26.8 Å². The lowest BCUT2D eigenvalue weighted by molar-refractivity contribution is 0.0849. The lowest BCUT2D eigenvalue weighted by Gasteiger charge is -2.09. The van der Waals surface area contributed by atoms with E-state index in [1.165, 1.54) is 35.6 Å². The molecule has 9 heteroatoms. The number of hydrogen-bond acceptors (Lipinski definition) is 5. The number of rotatable bonds is 4. The summed E-state index contributed by atoms with van der Waals surface area (Å²) in [5, 5.41) is -0.540. The molecule has 0 saturated heterocycles. The average molecular weight is 431 g/mol. The van der Waals surface area contributed by atoms with Gasteiger partial charge in [0.15, 0.2) is 9.84 Å². The van der Waals surface area contributed by atoms with Crippen molar-refractivity contribution in [2.45, 2.75) is 24.0 Å². The lowest BCUT2D eigenvalue weighted by Crippen LogP contribution is -2.41. The fourth-order valence-electron chi connectivity index (χ4n) is 1.75. The van der Waals surface area contributed by atoms with E-state index in [0.717, 1.165) is 3.79 Å². The molecule has 2 amide bonds. The average Bonchev–Trinajstić information content (AvgIpc) is 2.98. The highest BCUT2D eigenvalue weighted by Gasteiger charge is 2.19. The van der Waals surface area contributed by atoms with Crippen LogP contribution in [0.2, 0.25) is 0 Å².